The molecule has 0 aliphatic rings. The van der Waals surface area contributed by atoms with E-state index in [2.05, 4.69) is 6.58 Å². The maximum absolute atomic E-state index is 11.2. The third kappa shape index (κ3) is 2.65. The molecule has 1 amide bonds. The molecule has 12 heavy (non-hydrogen) atoms. The monoisotopic (exact) mass is 191 g/mol. The smallest absolute Gasteiger partial charge is 0.256 e. The molecule has 0 saturated carbocycles. The van der Waals surface area contributed by atoms with E-state index < -0.39 is 20.7 Å². The molecule has 0 rings (SSSR count). The fraction of sp³-hybridized carbons (Fsp3) is 0.571. The van der Waals surface area contributed by atoms with Crippen molar-refractivity contribution < 1.29 is 13.2 Å². The molecular formula is C7H13NO3S. The Hall–Kier alpha value is -0.840. The van der Waals surface area contributed by atoms with Gasteiger partial charge in [0, 0.05) is 0 Å². The third-order valence-electron chi connectivity index (χ3n) is 1.23. The van der Waals surface area contributed by atoms with Crippen LogP contribution in [0.15, 0.2) is 12.7 Å². The van der Waals surface area contributed by atoms with Gasteiger partial charge in [-0.3, -0.25) is 4.79 Å². The average molecular weight is 191 g/mol. The van der Waals surface area contributed by atoms with Crippen molar-refractivity contribution in [1.82, 2.24) is 4.72 Å². The minimum absolute atomic E-state index is 0.704. The quantitative estimate of drug-likeness (QED) is 0.643. The molecule has 0 saturated heterocycles. The second-order valence-corrected chi connectivity index (χ2v) is 5.72. The zero-order chi connectivity index (χ0) is 9.99. The number of carbonyl (C=O) groups is 1. The minimum atomic E-state index is -3.58. The van der Waals surface area contributed by atoms with Crippen LogP contribution in [0.4, 0.5) is 0 Å². The van der Waals surface area contributed by atoms with Crippen molar-refractivity contribution in [2.45, 2.75) is 25.5 Å². The standard InChI is InChI=1S/C7H13NO3S/c1-5-6(9)8-12(10,11)7(2,3)4/h5H,1H2,2-4H3,(H,8,9). The van der Waals surface area contributed by atoms with E-state index >= 15 is 0 Å². The first kappa shape index (κ1) is 11.2. The molecule has 1 N–H and O–H groups in total. The van der Waals surface area contributed by atoms with Crippen LogP contribution in [0.5, 0.6) is 0 Å². The Bertz CT molecular complexity index is 284. The van der Waals surface area contributed by atoms with Gasteiger partial charge < -0.3 is 0 Å². The van der Waals surface area contributed by atoms with Gasteiger partial charge in [-0.15, -0.1) is 0 Å². The van der Waals surface area contributed by atoms with E-state index in [1.165, 1.54) is 20.8 Å². The summed E-state index contributed by atoms with van der Waals surface area (Å²) in [4.78, 5) is 10.7. The van der Waals surface area contributed by atoms with Gasteiger partial charge in [0.25, 0.3) is 5.91 Å². The van der Waals surface area contributed by atoms with Crippen LogP contribution in [-0.2, 0) is 14.8 Å². The van der Waals surface area contributed by atoms with Crippen LogP contribution in [0.2, 0.25) is 0 Å². The molecule has 0 aromatic carbocycles. The first-order valence-electron chi connectivity index (χ1n) is 3.39. The van der Waals surface area contributed by atoms with Gasteiger partial charge in [0.2, 0.25) is 10.0 Å². The molecule has 4 nitrogen and oxygen atoms in total. The highest BCUT2D eigenvalue weighted by Crippen LogP contribution is 2.12. The van der Waals surface area contributed by atoms with Crippen molar-refractivity contribution >= 4 is 15.9 Å². The van der Waals surface area contributed by atoms with Crippen LogP contribution in [0, 0.1) is 0 Å². The van der Waals surface area contributed by atoms with Gasteiger partial charge in [-0.25, -0.2) is 13.1 Å². The third-order valence-corrected chi connectivity index (χ3v) is 3.31. The highest BCUT2D eigenvalue weighted by Gasteiger charge is 2.29. The van der Waals surface area contributed by atoms with Crippen LogP contribution >= 0.6 is 0 Å². The molecule has 0 atom stereocenters. The average Bonchev–Trinajstić information content (AvgIpc) is 1.84. The largest absolute Gasteiger partial charge is 0.269 e. The predicted octanol–water partition coefficient (Wildman–Crippen LogP) is 0.417. The van der Waals surface area contributed by atoms with E-state index in [0.717, 1.165) is 6.08 Å². The summed E-state index contributed by atoms with van der Waals surface area (Å²) < 4.78 is 23.4. The van der Waals surface area contributed by atoms with Gasteiger partial charge in [0.05, 0.1) is 4.75 Å². The first-order valence-corrected chi connectivity index (χ1v) is 4.88. The van der Waals surface area contributed by atoms with E-state index in [4.69, 9.17) is 0 Å². The Balaban J connectivity index is 4.69. The van der Waals surface area contributed by atoms with Gasteiger partial charge >= 0.3 is 0 Å². The molecule has 5 heteroatoms. The minimum Gasteiger partial charge on any atom is -0.269 e. The van der Waals surface area contributed by atoms with Crippen LogP contribution < -0.4 is 4.72 Å². The Morgan fingerprint density at radius 2 is 1.83 bits per heavy atom. The van der Waals surface area contributed by atoms with Crippen LogP contribution in [-0.4, -0.2) is 19.1 Å². The van der Waals surface area contributed by atoms with Gasteiger partial charge in [-0.05, 0) is 26.8 Å². The summed E-state index contributed by atoms with van der Waals surface area (Å²) in [5.74, 6) is -0.704. The lowest BCUT2D eigenvalue weighted by molar-refractivity contribution is -0.114. The number of carbonyl (C=O) groups excluding carboxylic acids is 1. The van der Waals surface area contributed by atoms with Crippen LogP contribution in [0.3, 0.4) is 0 Å². The molecule has 0 fully saturated rings. The lowest BCUT2D eigenvalue weighted by Crippen LogP contribution is -2.41. The van der Waals surface area contributed by atoms with Crippen LogP contribution in [0.25, 0.3) is 0 Å². The maximum Gasteiger partial charge on any atom is 0.256 e. The number of hydrogen-bond acceptors (Lipinski definition) is 3. The Labute approximate surface area is 72.7 Å². The predicted molar refractivity (Wildman–Crippen MR) is 47.0 cm³/mol. The van der Waals surface area contributed by atoms with Crippen molar-refractivity contribution in [1.29, 1.82) is 0 Å². The zero-order valence-electron chi connectivity index (χ0n) is 7.42. The molecule has 0 bridgehead atoms. The van der Waals surface area contributed by atoms with Gasteiger partial charge in [0.15, 0.2) is 0 Å². The first-order chi connectivity index (χ1) is 5.20. The van der Waals surface area contributed by atoms with Crippen molar-refractivity contribution in [2.24, 2.45) is 0 Å². The Morgan fingerprint density at radius 1 is 1.42 bits per heavy atom. The van der Waals surface area contributed by atoms with Crippen LogP contribution in [0.1, 0.15) is 20.8 Å². The number of hydrogen-bond donors (Lipinski definition) is 1. The SMILES string of the molecule is C=CC(=O)NS(=O)(=O)C(C)(C)C. The fourth-order valence-electron chi connectivity index (χ4n) is 0.327. The molecule has 0 unspecified atom stereocenters. The fourth-order valence-corrected chi connectivity index (χ4v) is 0.982. The van der Waals surface area contributed by atoms with E-state index in [0.29, 0.717) is 0 Å². The lowest BCUT2D eigenvalue weighted by Gasteiger charge is -2.18. The highest BCUT2D eigenvalue weighted by molar-refractivity contribution is 7.91. The summed E-state index contributed by atoms with van der Waals surface area (Å²) >= 11 is 0. The summed E-state index contributed by atoms with van der Waals surface area (Å²) in [7, 11) is -3.58. The lowest BCUT2D eigenvalue weighted by atomic mass is 10.3. The van der Waals surface area contributed by atoms with Gasteiger partial charge in [-0.2, -0.15) is 0 Å². The molecule has 0 spiro atoms. The summed E-state index contributed by atoms with van der Waals surface area (Å²) in [6.45, 7) is 7.67. The second-order valence-electron chi connectivity index (χ2n) is 3.29. The summed E-state index contributed by atoms with van der Waals surface area (Å²) in [5.41, 5.74) is 0. The molecular weight excluding hydrogens is 178 g/mol. The number of sulfonamides is 1. The summed E-state index contributed by atoms with van der Waals surface area (Å²) in [6.07, 6.45) is 0.920. The van der Waals surface area contributed by atoms with Crippen molar-refractivity contribution in [3.8, 4) is 0 Å². The molecule has 0 aliphatic carbocycles. The van der Waals surface area contributed by atoms with E-state index in [1.54, 1.807) is 0 Å². The molecule has 0 radical (unpaired) electrons. The van der Waals surface area contributed by atoms with Crippen molar-refractivity contribution in [3.05, 3.63) is 12.7 Å². The van der Waals surface area contributed by atoms with Gasteiger partial charge in [0.1, 0.15) is 0 Å². The Morgan fingerprint density at radius 3 is 2.08 bits per heavy atom. The summed E-state index contributed by atoms with van der Waals surface area (Å²) in [6, 6.07) is 0. The Kier molecular flexibility index (Phi) is 3.04. The normalized spacial score (nSPS) is 12.2. The van der Waals surface area contributed by atoms with E-state index in [9.17, 15) is 13.2 Å². The zero-order valence-corrected chi connectivity index (χ0v) is 8.23. The van der Waals surface area contributed by atoms with E-state index in [1.807, 2.05) is 4.72 Å². The second kappa shape index (κ2) is 3.26. The van der Waals surface area contributed by atoms with E-state index in [-0.39, 0.29) is 0 Å². The molecule has 70 valence electrons. The number of nitrogens with one attached hydrogen (secondary N) is 1. The molecule has 0 aromatic heterocycles. The maximum atomic E-state index is 11.2. The topological polar surface area (TPSA) is 63.2 Å². The number of amides is 1. The van der Waals surface area contributed by atoms with Crippen molar-refractivity contribution in [3.63, 3.8) is 0 Å². The van der Waals surface area contributed by atoms with Gasteiger partial charge in [-0.1, -0.05) is 6.58 Å². The molecule has 0 aromatic rings. The molecule has 0 aliphatic heterocycles. The summed E-state index contributed by atoms with van der Waals surface area (Å²) in [5, 5.41) is 0. The number of rotatable bonds is 2. The van der Waals surface area contributed by atoms with Crippen molar-refractivity contribution in [2.75, 3.05) is 0 Å². The molecule has 0 heterocycles. The highest BCUT2D eigenvalue weighted by atomic mass is 32.2.